The lowest BCUT2D eigenvalue weighted by molar-refractivity contribution is -0.141. The second-order valence-electron chi connectivity index (χ2n) is 6.20. The van der Waals surface area contributed by atoms with Crippen LogP contribution in [0.1, 0.15) is 42.0 Å². The number of ether oxygens (including phenoxy) is 1. The maximum atomic E-state index is 12.9. The average Bonchev–Trinajstić information content (AvgIpc) is 3.14. The first-order valence-electron chi connectivity index (χ1n) is 8.00. The van der Waals surface area contributed by atoms with Crippen LogP contribution < -0.4 is 0 Å². The Labute approximate surface area is 142 Å². The highest BCUT2D eigenvalue weighted by Gasteiger charge is 2.36. The molecule has 10 heteroatoms. The lowest BCUT2D eigenvalue weighted by Crippen LogP contribution is -2.34. The van der Waals surface area contributed by atoms with Crippen molar-refractivity contribution < 1.29 is 22.4 Å². The van der Waals surface area contributed by atoms with E-state index < -0.39 is 11.9 Å². The number of nitrogens with zero attached hydrogens (tertiary/aromatic N) is 5. The van der Waals surface area contributed by atoms with Crippen LogP contribution >= 0.6 is 0 Å². The van der Waals surface area contributed by atoms with Crippen molar-refractivity contribution in [2.75, 3.05) is 20.2 Å². The van der Waals surface area contributed by atoms with Crippen LogP contribution in [0.4, 0.5) is 13.2 Å². The number of imidazole rings is 1. The van der Waals surface area contributed by atoms with Crippen molar-refractivity contribution in [3.05, 3.63) is 29.4 Å². The Balaban J connectivity index is 1.67. The molecule has 0 N–H and O–H groups in total. The van der Waals surface area contributed by atoms with Gasteiger partial charge in [-0.25, -0.2) is 4.98 Å². The number of aromatic nitrogens is 4. The Kier molecular flexibility index (Phi) is 5.09. The second-order valence-corrected chi connectivity index (χ2v) is 6.20. The highest BCUT2D eigenvalue weighted by atomic mass is 19.4. The zero-order valence-corrected chi connectivity index (χ0v) is 14.1. The predicted molar refractivity (Wildman–Crippen MR) is 80.5 cm³/mol. The molecule has 1 atom stereocenters. The Morgan fingerprint density at radius 2 is 2.16 bits per heavy atom. The Bertz CT molecular complexity index is 712. The smallest absolute Gasteiger partial charge is 0.377 e. The van der Waals surface area contributed by atoms with Gasteiger partial charge in [0.15, 0.2) is 11.5 Å². The van der Waals surface area contributed by atoms with Crippen LogP contribution in [0.25, 0.3) is 0 Å². The third kappa shape index (κ3) is 4.18. The van der Waals surface area contributed by atoms with Gasteiger partial charge in [0.1, 0.15) is 12.4 Å². The molecule has 1 saturated heterocycles. The van der Waals surface area contributed by atoms with Gasteiger partial charge in [0, 0.05) is 32.8 Å². The third-order valence-corrected chi connectivity index (χ3v) is 4.22. The summed E-state index contributed by atoms with van der Waals surface area (Å²) in [6.45, 7) is 2.17. The van der Waals surface area contributed by atoms with E-state index in [1.165, 1.54) is 4.57 Å². The summed E-state index contributed by atoms with van der Waals surface area (Å²) in [5.74, 6) is 1.35. The molecule has 0 radical (unpaired) electrons. The Morgan fingerprint density at radius 3 is 2.84 bits per heavy atom. The van der Waals surface area contributed by atoms with Gasteiger partial charge in [0.25, 0.3) is 0 Å². The molecule has 2 aromatic heterocycles. The molecular formula is C15H20F3N5O2. The van der Waals surface area contributed by atoms with Crippen LogP contribution in [0.2, 0.25) is 0 Å². The zero-order chi connectivity index (χ0) is 18.0. The maximum absolute atomic E-state index is 12.9. The summed E-state index contributed by atoms with van der Waals surface area (Å²) >= 11 is 0. The molecule has 0 spiro atoms. The lowest BCUT2D eigenvalue weighted by atomic mass is 9.97. The van der Waals surface area contributed by atoms with Crippen molar-refractivity contribution in [3.63, 3.8) is 0 Å². The fourth-order valence-electron chi connectivity index (χ4n) is 3.14. The van der Waals surface area contributed by atoms with Crippen LogP contribution in [0.15, 0.2) is 10.7 Å². The van der Waals surface area contributed by atoms with Gasteiger partial charge >= 0.3 is 6.18 Å². The average molecular weight is 359 g/mol. The fraction of sp³-hybridized carbons (Fsp3) is 0.667. The van der Waals surface area contributed by atoms with E-state index in [1.807, 2.05) is 0 Å². The highest BCUT2D eigenvalue weighted by Crippen LogP contribution is 2.32. The Hall–Kier alpha value is -1.94. The number of alkyl halides is 3. The molecule has 1 aliphatic rings. The summed E-state index contributed by atoms with van der Waals surface area (Å²) in [6, 6.07) is 0. The number of hydrogen-bond acceptors (Lipinski definition) is 6. The summed E-state index contributed by atoms with van der Waals surface area (Å²) < 4.78 is 50.2. The fourth-order valence-corrected chi connectivity index (χ4v) is 3.14. The molecule has 0 unspecified atom stereocenters. The first-order chi connectivity index (χ1) is 11.9. The van der Waals surface area contributed by atoms with Crippen molar-refractivity contribution in [3.8, 4) is 0 Å². The number of likely N-dealkylation sites (tertiary alicyclic amines) is 1. The van der Waals surface area contributed by atoms with E-state index in [1.54, 1.807) is 14.2 Å². The summed E-state index contributed by atoms with van der Waals surface area (Å²) in [4.78, 5) is 10.1. The zero-order valence-electron chi connectivity index (χ0n) is 14.1. The van der Waals surface area contributed by atoms with E-state index in [2.05, 4.69) is 20.0 Å². The van der Waals surface area contributed by atoms with Gasteiger partial charge < -0.3 is 13.8 Å². The van der Waals surface area contributed by atoms with Gasteiger partial charge in [-0.3, -0.25) is 4.90 Å². The highest BCUT2D eigenvalue weighted by molar-refractivity contribution is 5.12. The van der Waals surface area contributed by atoms with E-state index in [0.29, 0.717) is 30.6 Å². The molecule has 3 rings (SSSR count). The summed E-state index contributed by atoms with van der Waals surface area (Å²) in [7, 11) is 3.15. The first kappa shape index (κ1) is 17.9. The monoisotopic (exact) mass is 359 g/mol. The van der Waals surface area contributed by atoms with E-state index in [9.17, 15) is 13.2 Å². The van der Waals surface area contributed by atoms with Gasteiger partial charge in [-0.1, -0.05) is 5.16 Å². The Morgan fingerprint density at radius 1 is 1.36 bits per heavy atom. The van der Waals surface area contributed by atoms with Gasteiger partial charge in [-0.15, -0.1) is 0 Å². The molecule has 25 heavy (non-hydrogen) atoms. The normalized spacial score (nSPS) is 19.5. The molecule has 3 heterocycles. The number of aryl methyl sites for hydroxylation is 1. The second kappa shape index (κ2) is 7.12. The van der Waals surface area contributed by atoms with Crippen LogP contribution in [-0.4, -0.2) is 44.8 Å². The predicted octanol–water partition coefficient (Wildman–Crippen LogP) is 2.35. The molecule has 0 aliphatic carbocycles. The number of hydrogen-bond donors (Lipinski definition) is 0. The standard InChI is InChI=1S/C15H20F3N5O2/c1-22-7-11(15(16,17)18)19-14(22)10-4-3-5-23(6-10)8-13-20-12(9-24-2)21-25-13/h7,10H,3-6,8-9H2,1-2H3/t10-/m0/s1. The third-order valence-electron chi connectivity index (χ3n) is 4.22. The van der Waals surface area contributed by atoms with Gasteiger partial charge in [0.2, 0.25) is 5.89 Å². The topological polar surface area (TPSA) is 69.2 Å². The maximum Gasteiger partial charge on any atom is 0.434 e. The van der Waals surface area contributed by atoms with E-state index >= 15 is 0 Å². The van der Waals surface area contributed by atoms with Crippen molar-refractivity contribution in [1.82, 2.24) is 24.6 Å². The van der Waals surface area contributed by atoms with E-state index in [4.69, 9.17) is 9.26 Å². The molecular weight excluding hydrogens is 339 g/mol. The van der Waals surface area contributed by atoms with Gasteiger partial charge in [0.05, 0.1) is 6.54 Å². The molecule has 138 valence electrons. The van der Waals surface area contributed by atoms with E-state index in [0.717, 1.165) is 25.6 Å². The SMILES string of the molecule is COCc1noc(CN2CCC[C@H](c3nc(C(F)(F)F)cn3C)C2)n1. The molecule has 0 amide bonds. The van der Waals surface area contributed by atoms with Gasteiger partial charge in [-0.2, -0.15) is 18.2 Å². The minimum atomic E-state index is -4.42. The van der Waals surface area contributed by atoms with Crippen molar-refractivity contribution >= 4 is 0 Å². The minimum Gasteiger partial charge on any atom is -0.377 e. The summed E-state index contributed by atoms with van der Waals surface area (Å²) in [6.07, 6.45) is -1.70. The van der Waals surface area contributed by atoms with E-state index in [-0.39, 0.29) is 12.5 Å². The van der Waals surface area contributed by atoms with Gasteiger partial charge in [-0.05, 0) is 19.4 Å². The van der Waals surface area contributed by atoms with Crippen molar-refractivity contribution in [1.29, 1.82) is 0 Å². The molecule has 0 bridgehead atoms. The molecule has 2 aromatic rings. The summed E-state index contributed by atoms with van der Waals surface area (Å²) in [5.41, 5.74) is -0.844. The molecule has 1 fully saturated rings. The lowest BCUT2D eigenvalue weighted by Gasteiger charge is -2.31. The minimum absolute atomic E-state index is 0.0591. The summed E-state index contributed by atoms with van der Waals surface area (Å²) in [5, 5.41) is 3.81. The molecule has 7 nitrogen and oxygen atoms in total. The molecule has 0 aromatic carbocycles. The number of methoxy groups -OCH3 is 1. The number of piperidine rings is 1. The molecule has 1 aliphatic heterocycles. The first-order valence-corrected chi connectivity index (χ1v) is 8.00. The largest absolute Gasteiger partial charge is 0.434 e. The van der Waals surface area contributed by atoms with Crippen molar-refractivity contribution in [2.24, 2.45) is 7.05 Å². The van der Waals surface area contributed by atoms with Crippen LogP contribution in [0, 0.1) is 0 Å². The van der Waals surface area contributed by atoms with Crippen LogP contribution in [0.5, 0.6) is 0 Å². The van der Waals surface area contributed by atoms with Crippen LogP contribution in [0.3, 0.4) is 0 Å². The molecule has 0 saturated carbocycles. The number of halogens is 3. The van der Waals surface area contributed by atoms with Crippen molar-refractivity contribution in [2.45, 2.75) is 38.1 Å². The number of rotatable bonds is 5. The quantitative estimate of drug-likeness (QED) is 0.816. The van der Waals surface area contributed by atoms with Crippen LogP contribution in [-0.2, 0) is 31.1 Å².